The molecule has 0 aliphatic heterocycles. The molecule has 2 rings (SSSR count). The van der Waals surface area contributed by atoms with Gasteiger partial charge in [0.25, 0.3) is 5.91 Å². The number of rotatable bonds is 2. The second kappa shape index (κ2) is 5.99. The number of carbonyl (C=O) groups is 1. The van der Waals surface area contributed by atoms with Gasteiger partial charge >= 0.3 is 6.18 Å². The van der Waals surface area contributed by atoms with Crippen LogP contribution in [0.2, 0.25) is 5.15 Å². The van der Waals surface area contributed by atoms with Crippen molar-refractivity contribution in [1.82, 2.24) is 10.3 Å². The van der Waals surface area contributed by atoms with Crippen molar-refractivity contribution in [3.05, 3.63) is 28.5 Å². The van der Waals surface area contributed by atoms with Crippen molar-refractivity contribution < 1.29 is 18.0 Å². The van der Waals surface area contributed by atoms with E-state index in [-0.39, 0.29) is 16.8 Å². The van der Waals surface area contributed by atoms with E-state index in [1.54, 1.807) is 0 Å². The highest BCUT2D eigenvalue weighted by Crippen LogP contribution is 2.29. The Morgan fingerprint density at radius 2 is 1.90 bits per heavy atom. The molecule has 0 atom stereocenters. The molecule has 0 bridgehead atoms. The van der Waals surface area contributed by atoms with Crippen LogP contribution in [0.1, 0.15) is 48.2 Å². The molecule has 1 aliphatic rings. The first-order valence-electron chi connectivity index (χ1n) is 6.42. The van der Waals surface area contributed by atoms with Gasteiger partial charge in [-0.1, -0.05) is 30.9 Å². The van der Waals surface area contributed by atoms with E-state index in [1.165, 1.54) is 0 Å². The highest BCUT2D eigenvalue weighted by Gasteiger charge is 2.33. The lowest BCUT2D eigenvalue weighted by Gasteiger charge is -2.22. The van der Waals surface area contributed by atoms with Crippen LogP contribution in [0.3, 0.4) is 0 Å². The van der Waals surface area contributed by atoms with Gasteiger partial charge in [-0.05, 0) is 25.0 Å². The number of hydrogen-bond donors (Lipinski definition) is 1. The Bertz CT molecular complexity index is 499. The minimum atomic E-state index is -4.62. The molecule has 3 nitrogen and oxygen atoms in total. The van der Waals surface area contributed by atoms with Gasteiger partial charge in [0.1, 0.15) is 10.8 Å². The lowest BCUT2D eigenvalue weighted by molar-refractivity contribution is -0.141. The Labute approximate surface area is 119 Å². The van der Waals surface area contributed by atoms with Gasteiger partial charge in [0.05, 0.1) is 0 Å². The number of amides is 1. The first-order valence-corrected chi connectivity index (χ1v) is 6.80. The number of carbonyl (C=O) groups excluding carboxylic acids is 1. The predicted octanol–water partition coefficient (Wildman–Crippen LogP) is 3.82. The van der Waals surface area contributed by atoms with Crippen molar-refractivity contribution in [2.75, 3.05) is 0 Å². The zero-order valence-corrected chi connectivity index (χ0v) is 11.4. The summed E-state index contributed by atoms with van der Waals surface area (Å²) in [5, 5.41) is 2.41. The third kappa shape index (κ3) is 3.85. The fraction of sp³-hybridized carbons (Fsp3) is 0.538. The van der Waals surface area contributed by atoms with Crippen molar-refractivity contribution in [3.8, 4) is 0 Å². The average molecular weight is 307 g/mol. The smallest absolute Gasteiger partial charge is 0.349 e. The van der Waals surface area contributed by atoms with Gasteiger partial charge in [-0.3, -0.25) is 4.79 Å². The van der Waals surface area contributed by atoms with E-state index in [1.807, 2.05) is 0 Å². The second-order valence-electron chi connectivity index (χ2n) is 4.87. The molecular formula is C13H14ClF3N2O. The van der Waals surface area contributed by atoms with Crippen molar-refractivity contribution in [3.63, 3.8) is 0 Å². The number of nitrogens with zero attached hydrogens (tertiary/aromatic N) is 1. The van der Waals surface area contributed by atoms with Crippen LogP contribution in [-0.4, -0.2) is 16.9 Å². The van der Waals surface area contributed by atoms with Gasteiger partial charge in [-0.15, -0.1) is 0 Å². The zero-order chi connectivity index (χ0) is 14.8. The lowest BCUT2D eigenvalue weighted by Crippen LogP contribution is -2.36. The summed E-state index contributed by atoms with van der Waals surface area (Å²) in [5.41, 5.74) is -1.26. The standard InChI is InChI=1S/C13H14ClF3N2O/c14-11-7-8(6-10(19-11)13(15,16)17)12(20)18-9-4-2-1-3-5-9/h6-7,9H,1-5H2,(H,18,20). The van der Waals surface area contributed by atoms with E-state index in [0.29, 0.717) is 0 Å². The zero-order valence-electron chi connectivity index (χ0n) is 10.6. The largest absolute Gasteiger partial charge is 0.433 e. The summed E-state index contributed by atoms with van der Waals surface area (Å²) >= 11 is 5.55. The van der Waals surface area contributed by atoms with Crippen LogP contribution in [0.4, 0.5) is 13.2 Å². The Morgan fingerprint density at radius 3 is 2.50 bits per heavy atom. The quantitative estimate of drug-likeness (QED) is 0.844. The lowest BCUT2D eigenvalue weighted by atomic mass is 9.95. The van der Waals surface area contributed by atoms with E-state index in [9.17, 15) is 18.0 Å². The highest BCUT2D eigenvalue weighted by molar-refractivity contribution is 6.29. The number of pyridine rings is 1. The van der Waals surface area contributed by atoms with Crippen molar-refractivity contribution in [2.45, 2.75) is 44.3 Å². The molecule has 1 amide bonds. The molecule has 7 heteroatoms. The van der Waals surface area contributed by atoms with Gasteiger partial charge in [0, 0.05) is 11.6 Å². The number of hydrogen-bond acceptors (Lipinski definition) is 2. The van der Waals surface area contributed by atoms with Gasteiger partial charge in [0.2, 0.25) is 0 Å². The maximum Gasteiger partial charge on any atom is 0.433 e. The second-order valence-corrected chi connectivity index (χ2v) is 5.26. The maximum absolute atomic E-state index is 12.6. The number of nitrogens with one attached hydrogen (secondary N) is 1. The fourth-order valence-electron chi connectivity index (χ4n) is 2.29. The molecule has 0 aromatic carbocycles. The Kier molecular flexibility index (Phi) is 4.52. The number of aromatic nitrogens is 1. The summed E-state index contributed by atoms with van der Waals surface area (Å²) < 4.78 is 37.9. The maximum atomic E-state index is 12.6. The van der Waals surface area contributed by atoms with E-state index < -0.39 is 17.8 Å². The van der Waals surface area contributed by atoms with Crippen molar-refractivity contribution in [2.24, 2.45) is 0 Å². The van der Waals surface area contributed by atoms with E-state index in [2.05, 4.69) is 10.3 Å². The third-order valence-corrected chi connectivity index (χ3v) is 3.48. The van der Waals surface area contributed by atoms with Crippen LogP contribution >= 0.6 is 11.6 Å². The van der Waals surface area contributed by atoms with Crippen LogP contribution in [0.5, 0.6) is 0 Å². The SMILES string of the molecule is O=C(NC1CCCCC1)c1cc(Cl)nc(C(F)(F)F)c1. The minimum absolute atomic E-state index is 0.0255. The van der Waals surface area contributed by atoms with E-state index in [0.717, 1.165) is 44.2 Å². The molecule has 1 saturated carbocycles. The molecule has 1 heterocycles. The van der Waals surface area contributed by atoms with Crippen molar-refractivity contribution in [1.29, 1.82) is 0 Å². The first-order chi connectivity index (χ1) is 9.36. The van der Waals surface area contributed by atoms with E-state index >= 15 is 0 Å². The summed E-state index contributed by atoms with van der Waals surface area (Å²) in [6.45, 7) is 0. The number of alkyl halides is 3. The summed E-state index contributed by atoms with van der Waals surface area (Å²) in [6.07, 6.45) is 0.273. The molecule has 1 aromatic heterocycles. The predicted molar refractivity (Wildman–Crippen MR) is 68.6 cm³/mol. The summed E-state index contributed by atoms with van der Waals surface area (Å²) in [6, 6.07) is 1.90. The molecule has 1 aromatic rings. The van der Waals surface area contributed by atoms with Crippen LogP contribution in [0.15, 0.2) is 12.1 Å². The molecule has 0 unspecified atom stereocenters. The Balaban J connectivity index is 2.14. The first kappa shape index (κ1) is 15.1. The monoisotopic (exact) mass is 306 g/mol. The van der Waals surface area contributed by atoms with Gasteiger partial charge in [0.15, 0.2) is 0 Å². The molecule has 20 heavy (non-hydrogen) atoms. The van der Waals surface area contributed by atoms with Gasteiger partial charge in [-0.25, -0.2) is 4.98 Å². The summed E-state index contributed by atoms with van der Waals surface area (Å²) in [4.78, 5) is 15.2. The van der Waals surface area contributed by atoms with E-state index in [4.69, 9.17) is 11.6 Å². The molecular weight excluding hydrogens is 293 g/mol. The van der Waals surface area contributed by atoms with Crippen molar-refractivity contribution >= 4 is 17.5 Å². The van der Waals surface area contributed by atoms with Gasteiger partial charge < -0.3 is 5.32 Å². The third-order valence-electron chi connectivity index (χ3n) is 3.29. The molecule has 1 aliphatic carbocycles. The molecule has 110 valence electrons. The summed E-state index contributed by atoms with van der Waals surface area (Å²) in [5.74, 6) is -0.535. The molecule has 0 spiro atoms. The molecule has 1 fully saturated rings. The van der Waals surface area contributed by atoms with Gasteiger partial charge in [-0.2, -0.15) is 13.2 Å². The Morgan fingerprint density at radius 1 is 1.25 bits per heavy atom. The fourth-order valence-corrected chi connectivity index (χ4v) is 2.50. The molecule has 0 saturated heterocycles. The number of halogens is 4. The van der Waals surface area contributed by atoms with Crippen LogP contribution in [-0.2, 0) is 6.18 Å². The van der Waals surface area contributed by atoms with Crippen LogP contribution in [0.25, 0.3) is 0 Å². The Hall–Kier alpha value is -1.30. The topological polar surface area (TPSA) is 42.0 Å². The van der Waals surface area contributed by atoms with Crippen LogP contribution in [0, 0.1) is 0 Å². The molecule has 1 N–H and O–H groups in total. The highest BCUT2D eigenvalue weighted by atomic mass is 35.5. The normalized spacial score (nSPS) is 17.0. The average Bonchev–Trinajstić information content (AvgIpc) is 2.38. The minimum Gasteiger partial charge on any atom is -0.349 e. The van der Waals surface area contributed by atoms with Crippen LogP contribution < -0.4 is 5.32 Å². The summed E-state index contributed by atoms with van der Waals surface area (Å²) in [7, 11) is 0. The molecule has 0 radical (unpaired) electrons.